The Morgan fingerprint density at radius 1 is 0.719 bits per heavy atom. The van der Waals surface area contributed by atoms with Crippen molar-refractivity contribution < 1.29 is 33.4 Å². The Hall–Kier alpha value is -5.71. The summed E-state index contributed by atoms with van der Waals surface area (Å²) in [5.41, 5.74) is 6.34. The molecule has 1 unspecified atom stereocenters. The van der Waals surface area contributed by atoms with E-state index in [1.54, 1.807) is 0 Å². The van der Waals surface area contributed by atoms with Crippen molar-refractivity contribution in [3.05, 3.63) is 125 Å². The Labute approximate surface area is 379 Å². The number of rotatable bonds is 15. The summed E-state index contributed by atoms with van der Waals surface area (Å²) in [7, 11) is 1.51. The van der Waals surface area contributed by atoms with Crippen molar-refractivity contribution >= 4 is 35.4 Å². The van der Waals surface area contributed by atoms with Gasteiger partial charge in [0.1, 0.15) is 30.8 Å². The number of allylic oxidation sites excluding steroid dienone is 3. The molecule has 4 aliphatic rings. The van der Waals surface area contributed by atoms with Crippen molar-refractivity contribution in [1.82, 2.24) is 20.4 Å². The first-order valence-electron chi connectivity index (χ1n) is 23.8. The van der Waals surface area contributed by atoms with E-state index in [-0.39, 0.29) is 37.4 Å². The van der Waals surface area contributed by atoms with Crippen LogP contribution in [0, 0.1) is 0 Å². The molecular formula is C53H66N4O7. The minimum Gasteiger partial charge on any atom is -0.462 e. The molecule has 1 saturated heterocycles. The second-order valence-electron chi connectivity index (χ2n) is 18.0. The van der Waals surface area contributed by atoms with Crippen LogP contribution in [0.3, 0.4) is 0 Å². The molecule has 64 heavy (non-hydrogen) atoms. The lowest BCUT2D eigenvalue weighted by atomic mass is 9.93. The molecule has 4 amide bonds. The first-order chi connectivity index (χ1) is 31.2. The smallest absolute Gasteiger partial charge is 0.407 e. The second kappa shape index (κ2) is 23.3. The molecule has 0 spiro atoms. The summed E-state index contributed by atoms with van der Waals surface area (Å²) in [4.78, 5) is 74.5. The molecule has 0 radical (unpaired) electrons. The highest BCUT2D eigenvalue weighted by Gasteiger charge is 2.38. The van der Waals surface area contributed by atoms with Crippen LogP contribution < -0.4 is 10.6 Å². The summed E-state index contributed by atoms with van der Waals surface area (Å²) in [5, 5.41) is 5.80. The number of nitrogens with one attached hydrogen (secondary N) is 2. The summed E-state index contributed by atoms with van der Waals surface area (Å²) in [6.07, 6.45) is 16.9. The average molecular weight is 871 g/mol. The monoisotopic (exact) mass is 870 g/mol. The summed E-state index contributed by atoms with van der Waals surface area (Å²) < 4.78 is 12.0. The fraction of sp³-hybridized carbons (Fsp3) is 0.491. The third kappa shape index (κ3) is 12.5. The predicted molar refractivity (Wildman–Crippen MR) is 248 cm³/mol. The van der Waals surface area contributed by atoms with E-state index in [0.29, 0.717) is 13.1 Å². The maximum Gasteiger partial charge on any atom is 0.407 e. The van der Waals surface area contributed by atoms with Crippen molar-refractivity contribution in [2.24, 2.45) is 0 Å². The zero-order valence-electron chi connectivity index (χ0n) is 37.5. The van der Waals surface area contributed by atoms with E-state index in [0.717, 1.165) is 106 Å². The third-order valence-corrected chi connectivity index (χ3v) is 13.4. The Morgan fingerprint density at radius 3 is 2.02 bits per heavy atom. The van der Waals surface area contributed by atoms with Gasteiger partial charge in [0.25, 0.3) is 0 Å². The number of likely N-dealkylation sites (tertiary alicyclic amines) is 1. The van der Waals surface area contributed by atoms with Crippen LogP contribution in [0.1, 0.15) is 124 Å². The van der Waals surface area contributed by atoms with Gasteiger partial charge >= 0.3 is 12.1 Å². The number of alkyl carbamates (subject to hydrolysis) is 1. The van der Waals surface area contributed by atoms with E-state index in [2.05, 4.69) is 34.9 Å². The molecule has 1 aliphatic heterocycles. The maximum absolute atomic E-state index is 14.9. The maximum atomic E-state index is 14.9. The van der Waals surface area contributed by atoms with Gasteiger partial charge in [0.15, 0.2) is 0 Å². The summed E-state index contributed by atoms with van der Waals surface area (Å²) in [5.74, 6) is -2.09. The molecule has 1 heterocycles. The van der Waals surface area contributed by atoms with Crippen molar-refractivity contribution in [3.8, 4) is 0 Å². The zero-order chi connectivity index (χ0) is 44.7. The van der Waals surface area contributed by atoms with Gasteiger partial charge < -0.3 is 29.9 Å². The highest BCUT2D eigenvalue weighted by molar-refractivity contribution is 5.95. The summed E-state index contributed by atoms with van der Waals surface area (Å²) in [6, 6.07) is 23.7. The summed E-state index contributed by atoms with van der Waals surface area (Å²) >= 11 is 0. The van der Waals surface area contributed by atoms with Gasteiger partial charge in [0.2, 0.25) is 17.7 Å². The van der Waals surface area contributed by atoms with Crippen LogP contribution in [-0.2, 0) is 41.5 Å². The van der Waals surface area contributed by atoms with Crippen LogP contribution in [0.5, 0.6) is 0 Å². The molecule has 2 N–H and O–H groups in total. The molecule has 3 aliphatic carbocycles. The van der Waals surface area contributed by atoms with Crippen LogP contribution in [0.4, 0.5) is 4.79 Å². The lowest BCUT2D eigenvalue weighted by Crippen LogP contribution is -2.59. The minimum absolute atomic E-state index is 0.0438. The molecule has 340 valence electrons. The van der Waals surface area contributed by atoms with Crippen LogP contribution in [-0.4, -0.2) is 90.6 Å². The van der Waals surface area contributed by atoms with Gasteiger partial charge in [-0.3, -0.25) is 19.2 Å². The van der Waals surface area contributed by atoms with E-state index in [4.69, 9.17) is 9.47 Å². The van der Waals surface area contributed by atoms with Crippen molar-refractivity contribution in [1.29, 1.82) is 0 Å². The lowest BCUT2D eigenvalue weighted by molar-refractivity contribution is -0.153. The van der Waals surface area contributed by atoms with Gasteiger partial charge in [-0.1, -0.05) is 129 Å². The number of hydrogen-bond acceptors (Lipinski definition) is 7. The standard InChI is InChI=1S/C53H66N4O7/c1-56(48(35-39-24-12-8-13-25-39)50(59)54-46(34-38-22-10-7-11-23-38)52(61)57-32-20-9-21-33-57)51(60)47(36-49(58)64-40-26-14-5-3-2-4-6-15-27-40)55-53(62)63-37-45-43-30-18-16-28-41(43)42-29-17-19-31-44(42)45/h7-8,10-13,16,18-19,22-25,28,30-31,40,45-48H,2-6,9,14-15,17,20-21,26-27,29,32-37H2,1H3,(H,54,59)(H,55,62)/t45?,46-,47-,48-/m0/s1. The van der Waals surface area contributed by atoms with E-state index < -0.39 is 48.4 Å². The molecule has 2 fully saturated rings. The highest BCUT2D eigenvalue weighted by atomic mass is 16.6. The predicted octanol–water partition coefficient (Wildman–Crippen LogP) is 8.62. The van der Waals surface area contributed by atoms with Crippen LogP contribution in [0.15, 0.2) is 103 Å². The quantitative estimate of drug-likeness (QED) is 0.146. The minimum atomic E-state index is -1.40. The first-order valence-corrected chi connectivity index (χ1v) is 23.8. The zero-order valence-corrected chi connectivity index (χ0v) is 37.5. The number of hydrogen-bond donors (Lipinski definition) is 2. The van der Waals surface area contributed by atoms with E-state index >= 15 is 0 Å². The number of likely N-dealkylation sites (N-methyl/N-ethyl adjacent to an activating group) is 1. The normalized spacial score (nSPS) is 19.3. The number of esters is 1. The molecule has 0 aromatic heterocycles. The van der Waals surface area contributed by atoms with E-state index in [1.165, 1.54) is 29.5 Å². The van der Waals surface area contributed by atoms with E-state index in [1.807, 2.05) is 77.7 Å². The third-order valence-electron chi connectivity index (χ3n) is 13.4. The number of ether oxygens (including phenoxy) is 2. The first kappa shape index (κ1) is 46.3. The molecule has 3 aromatic carbocycles. The Balaban J connectivity index is 1.12. The van der Waals surface area contributed by atoms with Gasteiger partial charge in [0, 0.05) is 38.9 Å². The molecule has 11 heteroatoms. The average Bonchev–Trinajstić information content (AvgIpc) is 3.65. The van der Waals surface area contributed by atoms with Crippen LogP contribution in [0.25, 0.3) is 5.57 Å². The second-order valence-corrected chi connectivity index (χ2v) is 18.0. The van der Waals surface area contributed by atoms with Gasteiger partial charge in [-0.2, -0.15) is 0 Å². The SMILES string of the molecule is CN(C(=O)[C@H](CC(=O)OC1CCCCCCCCC1)NC(=O)OCC1C2=C(CCC=C2)c2ccccc21)[C@@H](Cc1ccccc1)C(=O)N[C@@H](Cc1ccccc1)C(=O)N1CCCCC1. The number of piperidine rings is 1. The number of nitrogens with zero attached hydrogens (tertiary/aromatic N) is 2. The molecule has 0 bridgehead atoms. The fourth-order valence-corrected chi connectivity index (χ4v) is 9.85. The van der Waals surface area contributed by atoms with Crippen LogP contribution in [0.2, 0.25) is 0 Å². The number of fused-ring (bicyclic) bond motifs is 2. The topological polar surface area (TPSA) is 134 Å². The van der Waals surface area contributed by atoms with Gasteiger partial charge in [0.05, 0.1) is 6.42 Å². The Kier molecular flexibility index (Phi) is 16.8. The fourth-order valence-electron chi connectivity index (χ4n) is 9.85. The van der Waals surface area contributed by atoms with Crippen molar-refractivity contribution in [2.75, 3.05) is 26.7 Å². The van der Waals surface area contributed by atoms with Gasteiger partial charge in [-0.15, -0.1) is 0 Å². The Morgan fingerprint density at radius 2 is 1.33 bits per heavy atom. The highest BCUT2D eigenvalue weighted by Crippen LogP contribution is 2.46. The van der Waals surface area contributed by atoms with Gasteiger partial charge in [-0.05, 0) is 91.2 Å². The molecular weight excluding hydrogens is 805 g/mol. The van der Waals surface area contributed by atoms with Crippen LogP contribution >= 0.6 is 0 Å². The number of carbonyl (C=O) groups is 5. The largest absolute Gasteiger partial charge is 0.462 e. The molecule has 11 nitrogen and oxygen atoms in total. The molecule has 3 aromatic rings. The van der Waals surface area contributed by atoms with E-state index in [9.17, 15) is 24.0 Å². The van der Waals surface area contributed by atoms with Crippen molar-refractivity contribution in [2.45, 2.75) is 139 Å². The number of carbonyl (C=O) groups excluding carboxylic acids is 5. The Bertz CT molecular complexity index is 2100. The lowest BCUT2D eigenvalue weighted by Gasteiger charge is -2.34. The molecule has 4 atom stereocenters. The van der Waals surface area contributed by atoms with Crippen molar-refractivity contribution in [3.63, 3.8) is 0 Å². The number of amides is 4. The molecule has 7 rings (SSSR count). The number of benzene rings is 3. The van der Waals surface area contributed by atoms with Gasteiger partial charge in [-0.25, -0.2) is 4.79 Å². The summed E-state index contributed by atoms with van der Waals surface area (Å²) in [6.45, 7) is 1.28. The molecule has 1 saturated carbocycles.